The number of oxime groups is 1. The van der Waals surface area contributed by atoms with Crippen LogP contribution in [0.4, 0.5) is 0 Å². The van der Waals surface area contributed by atoms with E-state index < -0.39 is 5.41 Å². The molecule has 96 valence electrons. The minimum Gasteiger partial charge on any atom is -0.409 e. The third-order valence-corrected chi connectivity index (χ3v) is 3.79. The summed E-state index contributed by atoms with van der Waals surface area (Å²) in [5.41, 5.74) is 4.87. The Morgan fingerprint density at radius 2 is 2.28 bits per heavy atom. The highest BCUT2D eigenvalue weighted by molar-refractivity contribution is 6.09. The predicted molar refractivity (Wildman–Crippen MR) is 62.7 cm³/mol. The van der Waals surface area contributed by atoms with Gasteiger partial charge < -0.3 is 20.4 Å². The molecule has 1 saturated carbocycles. The number of fused-ring (bicyclic) bond motifs is 1. The van der Waals surface area contributed by atoms with Crippen LogP contribution in [-0.4, -0.2) is 37.9 Å². The molecule has 0 atom stereocenters. The van der Waals surface area contributed by atoms with E-state index in [1.54, 1.807) is 11.1 Å². The highest BCUT2D eigenvalue weighted by Crippen LogP contribution is 2.47. The van der Waals surface area contributed by atoms with Crippen LogP contribution in [0.15, 0.2) is 17.5 Å². The second kappa shape index (κ2) is 3.72. The Morgan fingerprint density at radius 1 is 1.50 bits per heavy atom. The molecule has 0 bridgehead atoms. The summed E-state index contributed by atoms with van der Waals surface area (Å²) in [5, 5.41) is 11.8. The predicted octanol–water partition coefficient (Wildman–Crippen LogP) is -0.248. The van der Waals surface area contributed by atoms with Crippen molar-refractivity contribution in [2.24, 2.45) is 16.3 Å². The summed E-state index contributed by atoms with van der Waals surface area (Å²) >= 11 is 0. The van der Waals surface area contributed by atoms with E-state index in [4.69, 9.17) is 10.9 Å². The maximum absolute atomic E-state index is 12.4. The Kier molecular flexibility index (Phi) is 2.29. The normalized spacial score (nSPS) is 21.6. The van der Waals surface area contributed by atoms with E-state index in [1.807, 2.05) is 10.8 Å². The Labute approximate surface area is 104 Å². The van der Waals surface area contributed by atoms with E-state index in [0.717, 1.165) is 12.4 Å². The summed E-state index contributed by atoms with van der Waals surface area (Å²) in [6.45, 7) is 1.88. The van der Waals surface area contributed by atoms with Crippen molar-refractivity contribution in [1.82, 2.24) is 14.5 Å². The second-order valence-corrected chi connectivity index (χ2v) is 4.83. The van der Waals surface area contributed by atoms with Gasteiger partial charge in [0, 0.05) is 25.5 Å². The molecule has 0 unspecified atom stereocenters. The fraction of sp³-hybridized carbons (Fsp3) is 0.545. The molecular formula is C11H15N5O2. The minimum atomic E-state index is -0.760. The molecule has 1 aromatic rings. The highest BCUT2D eigenvalue weighted by Gasteiger charge is 2.56. The van der Waals surface area contributed by atoms with E-state index >= 15 is 0 Å². The first kappa shape index (κ1) is 11.1. The van der Waals surface area contributed by atoms with Gasteiger partial charge in [-0.2, -0.15) is 0 Å². The summed E-state index contributed by atoms with van der Waals surface area (Å²) in [7, 11) is 0. The molecule has 0 aromatic carbocycles. The average molecular weight is 249 g/mol. The van der Waals surface area contributed by atoms with Crippen molar-refractivity contribution in [3.8, 4) is 0 Å². The quantitative estimate of drug-likeness (QED) is 0.327. The highest BCUT2D eigenvalue weighted by atomic mass is 16.4. The molecule has 1 fully saturated rings. The largest absolute Gasteiger partial charge is 0.409 e. The molecule has 1 aliphatic heterocycles. The Balaban J connectivity index is 1.80. The molecule has 7 nitrogen and oxygen atoms in total. The van der Waals surface area contributed by atoms with Gasteiger partial charge in [-0.05, 0) is 12.8 Å². The zero-order valence-corrected chi connectivity index (χ0v) is 9.91. The van der Waals surface area contributed by atoms with Crippen molar-refractivity contribution in [2.75, 3.05) is 6.54 Å². The number of imidazole rings is 1. The molecule has 0 saturated heterocycles. The van der Waals surface area contributed by atoms with Crippen molar-refractivity contribution < 1.29 is 10.0 Å². The number of aromatic nitrogens is 2. The SMILES string of the molecule is N/C(=N/O)C1(C(=O)N2CCn3ccnc3C2)CC1. The molecule has 3 rings (SSSR count). The lowest BCUT2D eigenvalue weighted by atomic mass is 10.0. The van der Waals surface area contributed by atoms with Crippen molar-refractivity contribution in [1.29, 1.82) is 0 Å². The van der Waals surface area contributed by atoms with E-state index in [1.165, 1.54) is 0 Å². The molecule has 1 aromatic heterocycles. The van der Waals surface area contributed by atoms with Crippen LogP contribution in [-0.2, 0) is 17.9 Å². The lowest BCUT2D eigenvalue weighted by Crippen LogP contribution is -2.46. The third-order valence-electron chi connectivity index (χ3n) is 3.79. The van der Waals surface area contributed by atoms with Crippen molar-refractivity contribution >= 4 is 11.7 Å². The van der Waals surface area contributed by atoms with Crippen LogP contribution < -0.4 is 5.73 Å². The fourth-order valence-electron chi connectivity index (χ4n) is 2.45. The number of hydrogen-bond donors (Lipinski definition) is 2. The van der Waals surface area contributed by atoms with Gasteiger partial charge in [0.05, 0.1) is 6.54 Å². The Morgan fingerprint density at radius 3 is 2.94 bits per heavy atom. The molecule has 1 amide bonds. The van der Waals surface area contributed by atoms with Crippen LogP contribution in [0.25, 0.3) is 0 Å². The monoisotopic (exact) mass is 249 g/mol. The van der Waals surface area contributed by atoms with Crippen LogP contribution in [0.5, 0.6) is 0 Å². The van der Waals surface area contributed by atoms with E-state index in [0.29, 0.717) is 25.9 Å². The topological polar surface area (TPSA) is 96.7 Å². The number of hydrogen-bond acceptors (Lipinski definition) is 4. The van der Waals surface area contributed by atoms with Gasteiger partial charge in [-0.25, -0.2) is 4.98 Å². The summed E-state index contributed by atoms with van der Waals surface area (Å²) in [6, 6.07) is 0. The maximum atomic E-state index is 12.4. The number of nitrogens with two attached hydrogens (primary N) is 1. The molecular weight excluding hydrogens is 234 g/mol. The van der Waals surface area contributed by atoms with Crippen LogP contribution in [0.3, 0.4) is 0 Å². The molecule has 18 heavy (non-hydrogen) atoms. The fourth-order valence-corrected chi connectivity index (χ4v) is 2.45. The molecule has 3 N–H and O–H groups in total. The van der Waals surface area contributed by atoms with Gasteiger partial charge in [0.2, 0.25) is 5.91 Å². The van der Waals surface area contributed by atoms with Crippen molar-refractivity contribution in [3.63, 3.8) is 0 Å². The Hall–Kier alpha value is -2.05. The number of amides is 1. The molecule has 0 spiro atoms. The lowest BCUT2D eigenvalue weighted by molar-refractivity contribution is -0.136. The number of nitrogens with zero attached hydrogens (tertiary/aromatic N) is 4. The van der Waals surface area contributed by atoms with Crippen LogP contribution >= 0.6 is 0 Å². The number of carbonyl (C=O) groups is 1. The summed E-state index contributed by atoms with van der Waals surface area (Å²) in [6.07, 6.45) is 4.96. The van der Waals surface area contributed by atoms with Crippen LogP contribution in [0.2, 0.25) is 0 Å². The van der Waals surface area contributed by atoms with Crippen LogP contribution in [0, 0.1) is 5.41 Å². The smallest absolute Gasteiger partial charge is 0.236 e. The molecule has 0 radical (unpaired) electrons. The second-order valence-electron chi connectivity index (χ2n) is 4.83. The number of amidine groups is 1. The first-order valence-electron chi connectivity index (χ1n) is 5.95. The summed E-state index contributed by atoms with van der Waals surface area (Å²) in [4.78, 5) is 18.4. The van der Waals surface area contributed by atoms with Gasteiger partial charge in [-0.15, -0.1) is 0 Å². The third kappa shape index (κ3) is 1.47. The van der Waals surface area contributed by atoms with E-state index in [-0.39, 0.29) is 11.7 Å². The van der Waals surface area contributed by atoms with Crippen molar-refractivity contribution in [3.05, 3.63) is 18.2 Å². The maximum Gasteiger partial charge on any atom is 0.236 e. The zero-order chi connectivity index (χ0) is 12.8. The van der Waals surface area contributed by atoms with Gasteiger partial charge in [-0.1, -0.05) is 5.16 Å². The van der Waals surface area contributed by atoms with E-state index in [9.17, 15) is 4.79 Å². The first-order valence-corrected chi connectivity index (χ1v) is 5.95. The summed E-state index contributed by atoms with van der Waals surface area (Å²) in [5.74, 6) is 0.860. The van der Waals surface area contributed by atoms with Gasteiger partial charge in [-0.3, -0.25) is 4.79 Å². The van der Waals surface area contributed by atoms with Gasteiger partial charge in [0.25, 0.3) is 0 Å². The first-order chi connectivity index (χ1) is 8.67. The lowest BCUT2D eigenvalue weighted by Gasteiger charge is -2.30. The molecule has 2 aliphatic rings. The Bertz CT molecular complexity index is 517. The van der Waals surface area contributed by atoms with Gasteiger partial charge >= 0.3 is 0 Å². The van der Waals surface area contributed by atoms with Crippen molar-refractivity contribution in [2.45, 2.75) is 25.9 Å². The molecule has 1 aliphatic carbocycles. The molecule has 7 heteroatoms. The van der Waals surface area contributed by atoms with Gasteiger partial charge in [0.15, 0.2) is 5.84 Å². The minimum absolute atomic E-state index is 0.0291. The molecule has 2 heterocycles. The zero-order valence-electron chi connectivity index (χ0n) is 9.91. The number of rotatable bonds is 2. The van der Waals surface area contributed by atoms with Crippen LogP contribution in [0.1, 0.15) is 18.7 Å². The summed E-state index contributed by atoms with van der Waals surface area (Å²) < 4.78 is 2.03. The van der Waals surface area contributed by atoms with Gasteiger partial charge in [0.1, 0.15) is 11.2 Å². The average Bonchev–Trinajstić information content (AvgIpc) is 3.08. The standard InChI is InChI=1S/C11H15N5O2/c12-9(14-18)11(1-2-11)10(17)16-6-5-15-4-3-13-8(15)7-16/h3-4,18H,1-2,5-7H2,(H2,12,14). The number of carbonyl (C=O) groups excluding carboxylic acids is 1. The van der Waals surface area contributed by atoms with E-state index in [2.05, 4.69) is 10.1 Å².